The van der Waals surface area contributed by atoms with E-state index in [0.717, 1.165) is 25.0 Å². The monoisotopic (exact) mass is 555 g/mol. The van der Waals surface area contributed by atoms with Crippen molar-refractivity contribution in [2.75, 3.05) is 11.9 Å². The lowest BCUT2D eigenvalue weighted by Crippen LogP contribution is -2.42. The van der Waals surface area contributed by atoms with Crippen LogP contribution in [0.4, 0.5) is 24.7 Å². The molecule has 1 saturated carbocycles. The zero-order valence-electron chi connectivity index (χ0n) is 21.7. The molecule has 3 heterocycles. The van der Waals surface area contributed by atoms with E-state index in [1.807, 2.05) is 0 Å². The summed E-state index contributed by atoms with van der Waals surface area (Å²) in [6.07, 6.45) is 5.86. The summed E-state index contributed by atoms with van der Waals surface area (Å²) < 4.78 is 45.0. The van der Waals surface area contributed by atoms with Gasteiger partial charge in [-0.1, -0.05) is 30.3 Å². The third kappa shape index (κ3) is 5.04. The van der Waals surface area contributed by atoms with Crippen molar-refractivity contribution in [3.8, 4) is 22.4 Å². The van der Waals surface area contributed by atoms with Gasteiger partial charge in [-0.2, -0.15) is 10.2 Å². The van der Waals surface area contributed by atoms with Crippen LogP contribution >= 0.6 is 0 Å². The largest absolute Gasteiger partial charge is 0.365 e. The number of benzene rings is 2. The molecule has 1 fully saturated rings. The van der Waals surface area contributed by atoms with Crippen LogP contribution in [0.5, 0.6) is 0 Å². The van der Waals surface area contributed by atoms with E-state index in [1.54, 1.807) is 36.4 Å². The van der Waals surface area contributed by atoms with Crippen molar-refractivity contribution in [3.63, 3.8) is 0 Å². The Morgan fingerprint density at radius 3 is 2.66 bits per heavy atom. The molecule has 2 aliphatic rings. The summed E-state index contributed by atoms with van der Waals surface area (Å²) in [7, 11) is 0. The minimum absolute atomic E-state index is 0.0403. The van der Waals surface area contributed by atoms with Gasteiger partial charge < -0.3 is 15.6 Å². The normalized spacial score (nSPS) is 18.2. The summed E-state index contributed by atoms with van der Waals surface area (Å²) in [6, 6.07) is 10.2. The van der Waals surface area contributed by atoms with Crippen molar-refractivity contribution < 1.29 is 18.0 Å². The lowest BCUT2D eigenvalue weighted by molar-refractivity contribution is -0.118. The smallest absolute Gasteiger partial charge is 0.271 e. The van der Waals surface area contributed by atoms with Gasteiger partial charge in [0.25, 0.3) is 5.91 Å². The number of aromatic amines is 1. The maximum absolute atomic E-state index is 16.2. The van der Waals surface area contributed by atoms with Gasteiger partial charge in [0.15, 0.2) is 11.6 Å². The Morgan fingerprint density at radius 1 is 1.10 bits per heavy atom. The van der Waals surface area contributed by atoms with Crippen LogP contribution in [0.3, 0.4) is 0 Å². The Morgan fingerprint density at radius 2 is 1.90 bits per heavy atom. The summed E-state index contributed by atoms with van der Waals surface area (Å²) in [5, 5.41) is 14.0. The number of pyridine rings is 1. The number of H-pyrrole nitrogens is 1. The topological polar surface area (TPSA) is 98.9 Å². The Bertz CT molecular complexity index is 1760. The number of azo groups is 1. The number of carbonyl (C=O) groups excluding carboxylic acids is 1. The molecule has 0 saturated heterocycles. The van der Waals surface area contributed by atoms with Crippen LogP contribution in [0.25, 0.3) is 38.1 Å². The van der Waals surface area contributed by atoms with E-state index in [4.69, 9.17) is 6.57 Å². The lowest BCUT2D eigenvalue weighted by atomic mass is 9.90. The molecule has 2 aromatic heterocycles. The maximum Gasteiger partial charge on any atom is 0.271 e. The molecule has 1 aliphatic heterocycles. The number of fused-ring (bicyclic) bond motifs is 1. The van der Waals surface area contributed by atoms with Gasteiger partial charge in [0, 0.05) is 40.9 Å². The minimum atomic E-state index is -0.788. The molecule has 41 heavy (non-hydrogen) atoms. The quantitative estimate of drug-likeness (QED) is 0.222. The first-order valence-corrected chi connectivity index (χ1v) is 13.2. The first-order chi connectivity index (χ1) is 19.9. The van der Waals surface area contributed by atoms with Crippen LogP contribution in [0, 0.1) is 24.0 Å². The summed E-state index contributed by atoms with van der Waals surface area (Å²) in [5.74, 6) is -2.65. The maximum atomic E-state index is 16.2. The number of hydrogen-bond acceptors (Lipinski definition) is 5. The minimum Gasteiger partial charge on any atom is -0.365 e. The molecule has 11 heteroatoms. The van der Waals surface area contributed by atoms with Crippen molar-refractivity contribution >= 4 is 28.3 Å². The standard InChI is InChI=1S/C30H24F3N7O/c1-34-28-24(16-6-3-2-4-7-16)25(33)29(39-27(28)21-15-35-26-20(21)12-17(31)13-22(26)32)37-18-8-5-9-19(14-18)38-30(41)23-10-11-36-40-23/h2-4,6-7,10,12-13,15,18-19,35H,5,8-9,11,14H2,(H,37,39)(H,38,41). The van der Waals surface area contributed by atoms with Crippen LogP contribution in [-0.4, -0.2) is 34.5 Å². The lowest BCUT2D eigenvalue weighted by Gasteiger charge is -2.31. The highest BCUT2D eigenvalue weighted by Gasteiger charge is 2.29. The molecule has 2 aromatic carbocycles. The van der Waals surface area contributed by atoms with E-state index >= 15 is 4.39 Å². The number of rotatable bonds is 6. The number of aromatic nitrogens is 2. The predicted octanol–water partition coefficient (Wildman–Crippen LogP) is 7.05. The van der Waals surface area contributed by atoms with Crippen LogP contribution in [0.2, 0.25) is 0 Å². The van der Waals surface area contributed by atoms with Gasteiger partial charge in [-0.05, 0) is 43.4 Å². The van der Waals surface area contributed by atoms with E-state index < -0.39 is 17.5 Å². The van der Waals surface area contributed by atoms with Gasteiger partial charge in [-0.15, -0.1) is 0 Å². The molecule has 0 bridgehead atoms. The molecule has 2 unspecified atom stereocenters. The third-order valence-electron chi connectivity index (χ3n) is 7.38. The van der Waals surface area contributed by atoms with E-state index in [-0.39, 0.29) is 62.9 Å². The second kappa shape index (κ2) is 10.9. The molecule has 2 atom stereocenters. The fraction of sp³-hybridized carbons (Fsp3) is 0.233. The highest BCUT2D eigenvalue weighted by atomic mass is 19.1. The second-order valence-corrected chi connectivity index (χ2v) is 10.0. The first kappa shape index (κ1) is 26.3. The molecule has 206 valence electrons. The molecule has 4 aromatic rings. The van der Waals surface area contributed by atoms with Crippen LogP contribution in [0.1, 0.15) is 25.7 Å². The molecular weight excluding hydrogens is 531 g/mol. The highest BCUT2D eigenvalue weighted by Crippen LogP contribution is 2.44. The second-order valence-electron chi connectivity index (χ2n) is 10.0. The predicted molar refractivity (Wildman–Crippen MR) is 149 cm³/mol. The highest BCUT2D eigenvalue weighted by molar-refractivity contribution is 6.01. The van der Waals surface area contributed by atoms with E-state index in [1.165, 1.54) is 6.20 Å². The molecular formula is C30H24F3N7O. The average Bonchev–Trinajstić information content (AvgIpc) is 3.66. The molecule has 0 spiro atoms. The van der Waals surface area contributed by atoms with Crippen molar-refractivity contribution in [2.24, 2.45) is 10.2 Å². The molecule has 3 N–H and O–H groups in total. The van der Waals surface area contributed by atoms with Crippen LogP contribution in [0.15, 0.2) is 70.7 Å². The first-order valence-electron chi connectivity index (χ1n) is 13.2. The number of halogens is 3. The van der Waals surface area contributed by atoms with E-state index in [9.17, 15) is 13.6 Å². The zero-order valence-corrected chi connectivity index (χ0v) is 21.7. The fourth-order valence-corrected chi connectivity index (χ4v) is 5.49. The fourth-order valence-electron chi connectivity index (χ4n) is 5.49. The van der Waals surface area contributed by atoms with Crippen molar-refractivity contribution in [1.82, 2.24) is 15.3 Å². The SMILES string of the molecule is [C-]#[N+]c1c(-c2c[nH]c3c(F)cc(F)cc23)nc(NC2CCCC(NC(=O)C3=CCN=N3)C2)c(F)c1-c1ccccc1. The van der Waals surface area contributed by atoms with Crippen molar-refractivity contribution in [3.05, 3.63) is 89.3 Å². The van der Waals surface area contributed by atoms with Crippen molar-refractivity contribution in [1.29, 1.82) is 0 Å². The summed E-state index contributed by atoms with van der Waals surface area (Å²) in [4.78, 5) is 23.5. The number of nitrogens with zero attached hydrogens (tertiary/aromatic N) is 4. The molecule has 1 aliphatic carbocycles. The molecule has 8 nitrogen and oxygen atoms in total. The molecule has 0 radical (unpaired) electrons. The number of hydrogen-bond donors (Lipinski definition) is 3. The number of amides is 1. The van der Waals surface area contributed by atoms with Crippen LogP contribution in [-0.2, 0) is 4.79 Å². The van der Waals surface area contributed by atoms with Gasteiger partial charge in [-0.3, -0.25) is 4.79 Å². The van der Waals surface area contributed by atoms with E-state index in [0.29, 0.717) is 24.9 Å². The van der Waals surface area contributed by atoms with Gasteiger partial charge in [0.2, 0.25) is 5.69 Å². The van der Waals surface area contributed by atoms with Gasteiger partial charge in [0.1, 0.15) is 17.3 Å². The molecule has 1 amide bonds. The van der Waals surface area contributed by atoms with Gasteiger partial charge in [-0.25, -0.2) is 23.0 Å². The Kier molecular flexibility index (Phi) is 6.97. The Balaban J connectivity index is 1.41. The van der Waals surface area contributed by atoms with E-state index in [2.05, 4.69) is 35.7 Å². The van der Waals surface area contributed by atoms with Crippen molar-refractivity contribution in [2.45, 2.75) is 37.8 Å². The summed E-state index contributed by atoms with van der Waals surface area (Å²) in [6.45, 7) is 8.31. The number of nitrogens with one attached hydrogen (secondary N) is 3. The molecule has 6 rings (SSSR count). The van der Waals surface area contributed by atoms with Crippen LogP contribution < -0.4 is 10.6 Å². The summed E-state index contributed by atoms with van der Waals surface area (Å²) in [5.41, 5.74) is 1.15. The summed E-state index contributed by atoms with van der Waals surface area (Å²) >= 11 is 0. The average molecular weight is 556 g/mol. The Hall–Kier alpha value is -4.98. The van der Waals surface area contributed by atoms with Gasteiger partial charge in [0.05, 0.1) is 24.3 Å². The number of anilines is 1. The number of carbonyl (C=O) groups is 1. The zero-order chi connectivity index (χ0) is 28.5. The van der Waals surface area contributed by atoms with Gasteiger partial charge >= 0.3 is 0 Å². The third-order valence-corrected chi connectivity index (χ3v) is 7.38. The Labute approximate surface area is 233 Å².